The van der Waals surface area contributed by atoms with Gasteiger partial charge in [0.25, 0.3) is 0 Å². The second-order valence-electron chi connectivity index (χ2n) is 7.20. The number of hydrogen-bond acceptors (Lipinski definition) is 7. The van der Waals surface area contributed by atoms with Crippen molar-refractivity contribution in [2.75, 3.05) is 21.3 Å². The highest BCUT2D eigenvalue weighted by atomic mass is 16.5. The molecule has 1 heterocycles. The molecule has 0 amide bonds. The first-order valence-corrected chi connectivity index (χ1v) is 10.1. The SMILES string of the molecule is COc1ccc(-c2c(C)c3cc(OC(=O)c4ccccc4OC)ccc3oc2=O)c(OC)c1. The zero-order chi connectivity index (χ0) is 23.5. The van der Waals surface area contributed by atoms with Gasteiger partial charge in [-0.15, -0.1) is 0 Å². The normalized spacial score (nSPS) is 10.7. The third kappa shape index (κ3) is 4.13. The fourth-order valence-corrected chi connectivity index (χ4v) is 3.69. The molecule has 0 aliphatic rings. The smallest absolute Gasteiger partial charge is 0.347 e. The van der Waals surface area contributed by atoms with Crippen molar-refractivity contribution in [3.8, 4) is 34.1 Å². The van der Waals surface area contributed by atoms with Crippen molar-refractivity contribution in [1.29, 1.82) is 0 Å². The van der Waals surface area contributed by atoms with E-state index in [0.717, 1.165) is 0 Å². The number of aryl methyl sites for hydroxylation is 1. The molecule has 1 aromatic heterocycles. The number of benzene rings is 3. The topological polar surface area (TPSA) is 84.2 Å². The van der Waals surface area contributed by atoms with Crippen molar-refractivity contribution < 1.29 is 28.2 Å². The molecule has 0 bridgehead atoms. The van der Waals surface area contributed by atoms with Gasteiger partial charge in [-0.2, -0.15) is 0 Å². The van der Waals surface area contributed by atoms with Crippen LogP contribution in [-0.2, 0) is 0 Å². The molecule has 7 nitrogen and oxygen atoms in total. The number of ether oxygens (including phenoxy) is 4. The molecule has 168 valence electrons. The standard InChI is InChI=1S/C26H22O7/c1-15-20-13-17(32-25(27)19-7-5-6-8-21(19)30-3)10-12-22(20)33-26(28)24(15)18-11-9-16(29-2)14-23(18)31-4/h5-14H,1-4H3. The highest BCUT2D eigenvalue weighted by Gasteiger charge is 2.19. The Morgan fingerprint density at radius 3 is 2.27 bits per heavy atom. The van der Waals surface area contributed by atoms with E-state index in [0.29, 0.717) is 56.2 Å². The zero-order valence-electron chi connectivity index (χ0n) is 18.6. The lowest BCUT2D eigenvalue weighted by Gasteiger charge is -2.13. The highest BCUT2D eigenvalue weighted by molar-refractivity contribution is 5.95. The first kappa shape index (κ1) is 22.0. The van der Waals surface area contributed by atoms with Gasteiger partial charge in [-0.3, -0.25) is 0 Å². The molecule has 0 unspecified atom stereocenters. The summed E-state index contributed by atoms with van der Waals surface area (Å²) in [6, 6.07) is 16.8. The molecule has 0 N–H and O–H groups in total. The lowest BCUT2D eigenvalue weighted by Crippen LogP contribution is -2.10. The Morgan fingerprint density at radius 2 is 1.55 bits per heavy atom. The van der Waals surface area contributed by atoms with E-state index in [1.54, 1.807) is 67.8 Å². The van der Waals surface area contributed by atoms with Crippen LogP contribution in [-0.4, -0.2) is 27.3 Å². The molecule has 4 rings (SSSR count). The fraction of sp³-hybridized carbons (Fsp3) is 0.154. The minimum atomic E-state index is -0.557. The number of fused-ring (bicyclic) bond motifs is 1. The van der Waals surface area contributed by atoms with E-state index < -0.39 is 11.6 Å². The second kappa shape index (κ2) is 9.08. The van der Waals surface area contributed by atoms with Crippen LogP contribution in [0.2, 0.25) is 0 Å². The molecule has 0 spiro atoms. The molecule has 0 aliphatic carbocycles. The summed E-state index contributed by atoms with van der Waals surface area (Å²) in [6.07, 6.45) is 0. The monoisotopic (exact) mass is 446 g/mol. The van der Waals surface area contributed by atoms with E-state index in [1.165, 1.54) is 14.2 Å². The largest absolute Gasteiger partial charge is 0.497 e. The minimum Gasteiger partial charge on any atom is -0.497 e. The number of carbonyl (C=O) groups is 1. The summed E-state index contributed by atoms with van der Waals surface area (Å²) in [5, 5.41) is 0.632. The van der Waals surface area contributed by atoms with E-state index in [4.69, 9.17) is 23.4 Å². The van der Waals surface area contributed by atoms with Crippen LogP contribution in [0.3, 0.4) is 0 Å². The molecule has 33 heavy (non-hydrogen) atoms. The van der Waals surface area contributed by atoms with Gasteiger partial charge in [-0.1, -0.05) is 12.1 Å². The predicted octanol–water partition coefficient (Wildman–Crippen LogP) is 5.01. The van der Waals surface area contributed by atoms with Gasteiger partial charge in [-0.05, 0) is 55.0 Å². The van der Waals surface area contributed by atoms with Crippen LogP contribution in [0, 0.1) is 6.92 Å². The molecule has 3 aromatic carbocycles. The van der Waals surface area contributed by atoms with Crippen LogP contribution in [0.25, 0.3) is 22.1 Å². The van der Waals surface area contributed by atoms with Crippen LogP contribution in [0.15, 0.2) is 69.9 Å². The quantitative estimate of drug-likeness (QED) is 0.234. The molecule has 0 saturated carbocycles. The summed E-state index contributed by atoms with van der Waals surface area (Å²) < 4.78 is 27.1. The summed E-state index contributed by atoms with van der Waals surface area (Å²) in [5.41, 5.74) is 1.78. The molecular weight excluding hydrogens is 424 g/mol. The van der Waals surface area contributed by atoms with Gasteiger partial charge in [0.15, 0.2) is 0 Å². The maximum absolute atomic E-state index is 12.8. The van der Waals surface area contributed by atoms with Gasteiger partial charge < -0.3 is 23.4 Å². The van der Waals surface area contributed by atoms with Gasteiger partial charge in [0.05, 0.1) is 26.9 Å². The van der Waals surface area contributed by atoms with E-state index >= 15 is 0 Å². The molecule has 0 fully saturated rings. The molecule has 0 radical (unpaired) electrons. The molecule has 0 aliphatic heterocycles. The molecule has 0 saturated heterocycles. The van der Waals surface area contributed by atoms with Crippen LogP contribution < -0.4 is 24.6 Å². The average molecular weight is 446 g/mol. The minimum absolute atomic E-state index is 0.306. The summed E-state index contributed by atoms with van der Waals surface area (Å²) in [7, 11) is 4.56. The predicted molar refractivity (Wildman–Crippen MR) is 124 cm³/mol. The van der Waals surface area contributed by atoms with Gasteiger partial charge >= 0.3 is 11.6 Å². The van der Waals surface area contributed by atoms with Crippen LogP contribution in [0.4, 0.5) is 0 Å². The summed E-state index contributed by atoms with van der Waals surface area (Å²) >= 11 is 0. The third-order valence-electron chi connectivity index (χ3n) is 5.35. The van der Waals surface area contributed by atoms with Crippen LogP contribution in [0.1, 0.15) is 15.9 Å². The van der Waals surface area contributed by atoms with Crippen molar-refractivity contribution in [2.45, 2.75) is 6.92 Å². The van der Waals surface area contributed by atoms with Crippen molar-refractivity contribution >= 4 is 16.9 Å². The molecule has 0 atom stereocenters. The fourth-order valence-electron chi connectivity index (χ4n) is 3.69. The van der Waals surface area contributed by atoms with Gasteiger partial charge in [-0.25, -0.2) is 9.59 Å². The molecule has 4 aromatic rings. The first-order valence-electron chi connectivity index (χ1n) is 10.1. The summed E-state index contributed by atoms with van der Waals surface area (Å²) in [5.74, 6) is 1.24. The number of carbonyl (C=O) groups excluding carboxylic acids is 1. The van der Waals surface area contributed by atoms with Crippen LogP contribution >= 0.6 is 0 Å². The van der Waals surface area contributed by atoms with Crippen molar-refractivity contribution in [2.24, 2.45) is 0 Å². The lowest BCUT2D eigenvalue weighted by atomic mass is 9.98. The number of hydrogen-bond donors (Lipinski definition) is 0. The average Bonchev–Trinajstić information content (AvgIpc) is 2.84. The third-order valence-corrected chi connectivity index (χ3v) is 5.35. The molecule has 7 heteroatoms. The Kier molecular flexibility index (Phi) is 6.04. The number of esters is 1. The Hall–Kier alpha value is -4.26. The Balaban J connectivity index is 1.79. The van der Waals surface area contributed by atoms with Crippen molar-refractivity contribution in [3.05, 3.63) is 82.2 Å². The zero-order valence-corrected chi connectivity index (χ0v) is 18.6. The Bertz CT molecular complexity index is 1400. The number of rotatable bonds is 6. The van der Waals surface area contributed by atoms with Gasteiger partial charge in [0.1, 0.15) is 34.1 Å². The maximum Gasteiger partial charge on any atom is 0.347 e. The van der Waals surface area contributed by atoms with E-state index in [2.05, 4.69) is 0 Å². The lowest BCUT2D eigenvalue weighted by molar-refractivity contribution is 0.0731. The maximum atomic E-state index is 12.8. The number of methoxy groups -OCH3 is 3. The Labute approximate surface area is 190 Å². The van der Waals surface area contributed by atoms with Crippen molar-refractivity contribution in [3.63, 3.8) is 0 Å². The Morgan fingerprint density at radius 1 is 0.818 bits per heavy atom. The van der Waals surface area contributed by atoms with Gasteiger partial charge in [0.2, 0.25) is 0 Å². The summed E-state index contributed by atoms with van der Waals surface area (Å²) in [6.45, 7) is 1.81. The van der Waals surface area contributed by atoms with Crippen LogP contribution in [0.5, 0.6) is 23.0 Å². The van der Waals surface area contributed by atoms with E-state index in [9.17, 15) is 9.59 Å². The first-order chi connectivity index (χ1) is 16.0. The summed E-state index contributed by atoms with van der Waals surface area (Å²) in [4.78, 5) is 25.5. The van der Waals surface area contributed by atoms with Gasteiger partial charge in [0, 0.05) is 17.0 Å². The van der Waals surface area contributed by atoms with E-state index in [1.807, 2.05) is 6.92 Å². The number of para-hydroxylation sites is 1. The molecular formula is C26H22O7. The second-order valence-corrected chi connectivity index (χ2v) is 7.20. The van der Waals surface area contributed by atoms with E-state index in [-0.39, 0.29) is 0 Å². The highest BCUT2D eigenvalue weighted by Crippen LogP contribution is 2.36. The van der Waals surface area contributed by atoms with Crippen molar-refractivity contribution in [1.82, 2.24) is 0 Å².